The third kappa shape index (κ3) is 2.87. The maximum atomic E-state index is 6.43. The molecule has 3 aliphatic heterocycles. The fourth-order valence-corrected chi connectivity index (χ4v) is 4.17. The van der Waals surface area contributed by atoms with Gasteiger partial charge in [-0.15, -0.1) is 0 Å². The second-order valence-electron chi connectivity index (χ2n) is 7.53. The predicted octanol–water partition coefficient (Wildman–Crippen LogP) is 3.16. The lowest BCUT2D eigenvalue weighted by Crippen LogP contribution is -2.53. The molecule has 2 unspecified atom stereocenters. The third-order valence-corrected chi connectivity index (χ3v) is 5.43. The highest BCUT2D eigenvalue weighted by molar-refractivity contribution is 5.79. The van der Waals surface area contributed by atoms with E-state index in [1.165, 1.54) is 5.06 Å². The highest BCUT2D eigenvalue weighted by Gasteiger charge is 2.55. The van der Waals surface area contributed by atoms with Crippen molar-refractivity contribution >= 4 is 5.96 Å². The summed E-state index contributed by atoms with van der Waals surface area (Å²) in [7, 11) is 1.76. The molecule has 2 N–H and O–H groups in total. The number of fused-ring (bicyclic) bond motifs is 2. The van der Waals surface area contributed by atoms with Crippen molar-refractivity contribution in [3.8, 4) is 17.2 Å². The molecule has 1 saturated heterocycles. The van der Waals surface area contributed by atoms with Crippen LogP contribution in [-0.4, -0.2) is 36.9 Å². The van der Waals surface area contributed by atoms with Gasteiger partial charge in [-0.2, -0.15) is 0 Å². The number of rotatable bonds is 2. The van der Waals surface area contributed by atoms with Gasteiger partial charge in [0.05, 0.1) is 12.2 Å². The van der Waals surface area contributed by atoms with Crippen LogP contribution in [-0.2, 0) is 15.3 Å². The van der Waals surface area contributed by atoms with E-state index in [4.69, 9.17) is 29.8 Å². The Bertz CT molecular complexity index is 911. The second-order valence-corrected chi connectivity index (χ2v) is 7.53. The zero-order valence-electron chi connectivity index (χ0n) is 15.8. The van der Waals surface area contributed by atoms with E-state index in [9.17, 15) is 0 Å². The molecule has 0 aromatic heterocycles. The van der Waals surface area contributed by atoms with Crippen LogP contribution in [0.15, 0.2) is 53.5 Å². The molecular weight excluding hydrogens is 358 g/mol. The van der Waals surface area contributed by atoms with Gasteiger partial charge in [-0.3, -0.25) is 0 Å². The van der Waals surface area contributed by atoms with Gasteiger partial charge in [0, 0.05) is 20.1 Å². The first-order valence-corrected chi connectivity index (χ1v) is 9.50. The minimum absolute atomic E-state index is 0.342. The molecule has 3 aliphatic rings. The summed E-state index contributed by atoms with van der Waals surface area (Å²) >= 11 is 0. The molecule has 3 heterocycles. The standard InChI is InChI=1S/C21H23N3O4/c1-24-19(22)23-21(28-24)13-20(10-5-11-25-14-20)27-18-9-8-16(12-17(18)21)26-15-6-3-2-4-7-15/h2-4,6-9,12H,5,10-11,13-14H2,1H3,(H2,22,23). The molecular formula is C21H23N3O4. The first-order valence-electron chi connectivity index (χ1n) is 9.50. The van der Waals surface area contributed by atoms with E-state index >= 15 is 0 Å². The molecule has 0 aliphatic carbocycles. The van der Waals surface area contributed by atoms with Gasteiger partial charge in [0.1, 0.15) is 22.8 Å². The summed E-state index contributed by atoms with van der Waals surface area (Å²) in [6, 6.07) is 15.4. The first-order chi connectivity index (χ1) is 13.6. The number of hydroxylamine groups is 2. The fourth-order valence-electron chi connectivity index (χ4n) is 4.17. The summed E-state index contributed by atoms with van der Waals surface area (Å²) in [5.74, 6) is 2.52. The van der Waals surface area contributed by atoms with Gasteiger partial charge in [0.15, 0.2) is 0 Å². The van der Waals surface area contributed by atoms with Gasteiger partial charge in [0.2, 0.25) is 11.7 Å². The molecule has 1 fully saturated rings. The van der Waals surface area contributed by atoms with E-state index in [-0.39, 0.29) is 0 Å². The third-order valence-electron chi connectivity index (χ3n) is 5.43. The lowest BCUT2D eigenvalue weighted by atomic mass is 9.81. The Labute approximate surface area is 163 Å². The Kier molecular flexibility index (Phi) is 3.96. The summed E-state index contributed by atoms with van der Waals surface area (Å²) in [6.45, 7) is 1.26. The summed E-state index contributed by atoms with van der Waals surface area (Å²) in [6.07, 6.45) is 2.36. The smallest absolute Gasteiger partial charge is 0.222 e. The molecule has 2 aromatic rings. The Morgan fingerprint density at radius 3 is 2.71 bits per heavy atom. The van der Waals surface area contributed by atoms with Crippen LogP contribution < -0.4 is 15.2 Å². The van der Waals surface area contributed by atoms with E-state index in [1.54, 1.807) is 7.05 Å². The van der Waals surface area contributed by atoms with Crippen LogP contribution >= 0.6 is 0 Å². The zero-order chi connectivity index (χ0) is 19.2. The second kappa shape index (κ2) is 6.39. The average molecular weight is 381 g/mol. The minimum Gasteiger partial charge on any atom is -0.484 e. The molecule has 7 nitrogen and oxygen atoms in total. The highest BCUT2D eigenvalue weighted by Crippen LogP contribution is 2.52. The molecule has 5 rings (SSSR count). The maximum absolute atomic E-state index is 6.43. The van der Waals surface area contributed by atoms with Crippen molar-refractivity contribution in [3.05, 3.63) is 54.1 Å². The number of nitrogens with two attached hydrogens (primary N) is 1. The van der Waals surface area contributed by atoms with Gasteiger partial charge in [-0.25, -0.2) is 14.9 Å². The monoisotopic (exact) mass is 381 g/mol. The van der Waals surface area contributed by atoms with Crippen LogP contribution in [0.5, 0.6) is 17.2 Å². The number of guanidine groups is 1. The van der Waals surface area contributed by atoms with Crippen molar-refractivity contribution in [2.45, 2.75) is 30.6 Å². The summed E-state index contributed by atoms with van der Waals surface area (Å²) in [5.41, 5.74) is 5.47. The molecule has 0 radical (unpaired) electrons. The Morgan fingerprint density at radius 1 is 1.14 bits per heavy atom. The molecule has 2 spiro atoms. The molecule has 2 atom stereocenters. The first kappa shape index (κ1) is 17.3. The average Bonchev–Trinajstić information content (AvgIpc) is 2.97. The summed E-state index contributed by atoms with van der Waals surface area (Å²) < 4.78 is 18.2. The normalized spacial score (nSPS) is 28.8. The predicted molar refractivity (Wildman–Crippen MR) is 103 cm³/mol. The quantitative estimate of drug-likeness (QED) is 0.861. The van der Waals surface area contributed by atoms with E-state index in [1.807, 2.05) is 48.5 Å². The lowest BCUT2D eigenvalue weighted by Gasteiger charge is -2.46. The number of hydrogen-bond donors (Lipinski definition) is 1. The largest absolute Gasteiger partial charge is 0.484 e. The molecule has 7 heteroatoms. The summed E-state index contributed by atoms with van der Waals surface area (Å²) in [4.78, 5) is 10.9. The molecule has 2 aromatic carbocycles. The Hall–Kier alpha value is -2.77. The van der Waals surface area contributed by atoms with E-state index in [2.05, 4.69) is 0 Å². The minimum atomic E-state index is -0.941. The van der Waals surface area contributed by atoms with Crippen molar-refractivity contribution in [1.82, 2.24) is 5.06 Å². The van der Waals surface area contributed by atoms with Crippen LogP contribution in [0, 0.1) is 0 Å². The van der Waals surface area contributed by atoms with Crippen LogP contribution in [0.3, 0.4) is 0 Å². The van der Waals surface area contributed by atoms with Crippen LogP contribution in [0.2, 0.25) is 0 Å². The van der Waals surface area contributed by atoms with Gasteiger partial charge >= 0.3 is 0 Å². The zero-order valence-corrected chi connectivity index (χ0v) is 15.8. The van der Waals surface area contributed by atoms with Crippen molar-refractivity contribution in [3.63, 3.8) is 0 Å². The number of ether oxygens (including phenoxy) is 3. The molecule has 0 bridgehead atoms. The number of nitrogens with zero attached hydrogens (tertiary/aromatic N) is 2. The topological polar surface area (TPSA) is 78.5 Å². The van der Waals surface area contributed by atoms with Gasteiger partial charge < -0.3 is 19.9 Å². The van der Waals surface area contributed by atoms with Crippen LogP contribution in [0.25, 0.3) is 0 Å². The van der Waals surface area contributed by atoms with Crippen molar-refractivity contribution < 1.29 is 19.0 Å². The van der Waals surface area contributed by atoms with Crippen LogP contribution in [0.4, 0.5) is 0 Å². The lowest BCUT2D eigenvalue weighted by molar-refractivity contribution is -0.216. The number of hydrogen-bond acceptors (Lipinski definition) is 7. The molecule has 0 saturated carbocycles. The Balaban J connectivity index is 1.56. The van der Waals surface area contributed by atoms with Crippen LogP contribution in [0.1, 0.15) is 24.8 Å². The highest BCUT2D eigenvalue weighted by atomic mass is 16.7. The number of benzene rings is 2. The number of aliphatic imine (C=N–C) groups is 1. The van der Waals surface area contributed by atoms with E-state index in [0.29, 0.717) is 24.7 Å². The van der Waals surface area contributed by atoms with Crippen molar-refractivity contribution in [2.75, 3.05) is 20.3 Å². The van der Waals surface area contributed by atoms with Crippen molar-refractivity contribution in [1.29, 1.82) is 0 Å². The fraction of sp³-hybridized carbons (Fsp3) is 0.381. The number of para-hydroxylation sites is 1. The van der Waals surface area contributed by atoms with Gasteiger partial charge in [0.25, 0.3) is 0 Å². The van der Waals surface area contributed by atoms with E-state index in [0.717, 1.165) is 36.5 Å². The molecule has 0 amide bonds. The van der Waals surface area contributed by atoms with Gasteiger partial charge in [-0.1, -0.05) is 18.2 Å². The molecule has 146 valence electrons. The molecule has 28 heavy (non-hydrogen) atoms. The van der Waals surface area contributed by atoms with Crippen molar-refractivity contribution in [2.24, 2.45) is 10.7 Å². The van der Waals surface area contributed by atoms with Gasteiger partial charge in [-0.05, 0) is 43.2 Å². The summed E-state index contributed by atoms with van der Waals surface area (Å²) in [5, 5.41) is 1.51. The maximum Gasteiger partial charge on any atom is 0.222 e. The Morgan fingerprint density at radius 2 is 2.00 bits per heavy atom. The SMILES string of the molecule is CN1OC2(CC3(CCCOC3)Oc3ccc(Oc4ccccc4)cc32)N=C1N. The van der Waals surface area contributed by atoms with E-state index < -0.39 is 11.3 Å².